The van der Waals surface area contributed by atoms with Crippen molar-refractivity contribution < 1.29 is 23.1 Å². The third-order valence-electron chi connectivity index (χ3n) is 2.47. The summed E-state index contributed by atoms with van der Waals surface area (Å²) in [6.45, 7) is 1.65. The number of hydrogen-bond acceptors (Lipinski definition) is 6. The molecule has 2 rings (SSSR count). The highest BCUT2D eigenvalue weighted by atomic mass is 32.2. The molecule has 2 aromatic heterocycles. The van der Waals surface area contributed by atoms with E-state index in [0.29, 0.717) is 20.8 Å². The molecule has 2 aromatic rings. The molecule has 2 heterocycles. The summed E-state index contributed by atoms with van der Waals surface area (Å²) >= 11 is 2.13. The van der Waals surface area contributed by atoms with Crippen LogP contribution in [0.5, 0.6) is 0 Å². The zero-order valence-corrected chi connectivity index (χ0v) is 13.0. The SMILES string of the molecule is Cc1c(C(=O)O)sc2ncnc(SCCSC(F)(F)F)c12. The maximum atomic E-state index is 12.1. The van der Waals surface area contributed by atoms with Crippen molar-refractivity contribution in [2.75, 3.05) is 11.5 Å². The zero-order valence-electron chi connectivity index (χ0n) is 10.6. The summed E-state index contributed by atoms with van der Waals surface area (Å²) in [4.78, 5) is 19.9. The fraction of sp³-hybridized carbons (Fsp3) is 0.364. The van der Waals surface area contributed by atoms with Crippen molar-refractivity contribution in [3.05, 3.63) is 16.8 Å². The second kappa shape index (κ2) is 6.41. The summed E-state index contributed by atoms with van der Waals surface area (Å²) in [6, 6.07) is 0. The van der Waals surface area contributed by atoms with Crippen LogP contribution in [0.25, 0.3) is 10.2 Å². The molecule has 0 atom stereocenters. The van der Waals surface area contributed by atoms with Crippen LogP contribution in [0.2, 0.25) is 0 Å². The highest BCUT2D eigenvalue weighted by molar-refractivity contribution is 8.03. The van der Waals surface area contributed by atoms with Gasteiger partial charge in [-0.3, -0.25) is 0 Å². The molecule has 0 aliphatic carbocycles. The van der Waals surface area contributed by atoms with Crippen molar-refractivity contribution in [2.45, 2.75) is 17.5 Å². The lowest BCUT2D eigenvalue weighted by molar-refractivity contribution is -0.0326. The number of thioether (sulfide) groups is 2. The molecule has 0 aliphatic rings. The van der Waals surface area contributed by atoms with Crippen LogP contribution in [-0.4, -0.2) is 38.1 Å². The van der Waals surface area contributed by atoms with Gasteiger partial charge >= 0.3 is 11.5 Å². The number of rotatable bonds is 5. The van der Waals surface area contributed by atoms with E-state index in [9.17, 15) is 18.0 Å². The second-order valence-corrected chi connectivity index (χ2v) is 7.11. The molecule has 0 spiro atoms. The van der Waals surface area contributed by atoms with Gasteiger partial charge in [0.2, 0.25) is 0 Å². The monoisotopic (exact) mass is 354 g/mol. The molecule has 0 amide bonds. The first-order valence-corrected chi connectivity index (χ1v) is 8.39. The number of aryl methyl sites for hydroxylation is 1. The third kappa shape index (κ3) is 4.01. The van der Waals surface area contributed by atoms with Gasteiger partial charge in [0, 0.05) is 16.9 Å². The highest BCUT2D eigenvalue weighted by Crippen LogP contribution is 2.36. The number of hydrogen-bond donors (Lipinski definition) is 1. The fourth-order valence-corrected chi connectivity index (χ4v) is 4.31. The summed E-state index contributed by atoms with van der Waals surface area (Å²) in [7, 11) is 0. The summed E-state index contributed by atoms with van der Waals surface area (Å²) < 4.78 is 36.2. The van der Waals surface area contributed by atoms with Gasteiger partial charge in [-0.15, -0.1) is 23.1 Å². The Morgan fingerprint density at radius 2 is 2.10 bits per heavy atom. The summed E-state index contributed by atoms with van der Waals surface area (Å²) in [5.74, 6) is -0.901. The molecule has 0 fully saturated rings. The minimum atomic E-state index is -4.24. The van der Waals surface area contributed by atoms with Crippen LogP contribution < -0.4 is 0 Å². The standard InChI is InChI=1S/C11H9F3N2O2S3/c1-5-6-8(19-2-3-20-11(12,13)14)15-4-16-9(6)21-7(5)10(17)18/h4H,2-3H2,1H3,(H,17,18). The minimum Gasteiger partial charge on any atom is -0.477 e. The molecular formula is C11H9F3N2O2S3. The Labute approximate surface area is 130 Å². The van der Waals surface area contributed by atoms with E-state index in [1.807, 2.05) is 0 Å². The lowest BCUT2D eigenvalue weighted by atomic mass is 10.2. The van der Waals surface area contributed by atoms with Crippen molar-refractivity contribution in [2.24, 2.45) is 0 Å². The largest absolute Gasteiger partial charge is 0.477 e. The number of aromatic carboxylic acids is 1. The molecule has 10 heteroatoms. The average Bonchev–Trinajstić information content (AvgIpc) is 2.72. The Morgan fingerprint density at radius 1 is 1.38 bits per heavy atom. The maximum Gasteiger partial charge on any atom is 0.441 e. The second-order valence-electron chi connectivity index (χ2n) is 3.86. The first kappa shape index (κ1) is 16.4. The molecule has 0 radical (unpaired) electrons. The van der Waals surface area contributed by atoms with Gasteiger partial charge in [0.1, 0.15) is 21.1 Å². The maximum absolute atomic E-state index is 12.1. The lowest BCUT2D eigenvalue weighted by Crippen LogP contribution is -2.02. The minimum absolute atomic E-state index is 0.0832. The molecule has 0 saturated carbocycles. The van der Waals surface area contributed by atoms with E-state index in [0.717, 1.165) is 11.3 Å². The molecule has 4 nitrogen and oxygen atoms in total. The van der Waals surface area contributed by atoms with E-state index < -0.39 is 11.5 Å². The van der Waals surface area contributed by atoms with Gasteiger partial charge in [0.05, 0.1) is 0 Å². The van der Waals surface area contributed by atoms with Crippen LogP contribution in [0.3, 0.4) is 0 Å². The molecule has 0 aromatic carbocycles. The molecule has 114 valence electrons. The molecule has 0 aliphatic heterocycles. The number of fused-ring (bicyclic) bond motifs is 1. The van der Waals surface area contributed by atoms with Crippen molar-refractivity contribution >= 4 is 51.0 Å². The predicted octanol–water partition coefficient (Wildman–Crippen LogP) is 4.04. The van der Waals surface area contributed by atoms with E-state index in [1.54, 1.807) is 6.92 Å². The van der Waals surface area contributed by atoms with Crippen molar-refractivity contribution in [1.29, 1.82) is 0 Å². The van der Waals surface area contributed by atoms with Crippen LogP contribution in [0, 0.1) is 6.92 Å². The Balaban J connectivity index is 2.18. The first-order valence-electron chi connectivity index (χ1n) is 5.60. The Kier molecular flexibility index (Phi) is 4.99. The van der Waals surface area contributed by atoms with E-state index in [1.165, 1.54) is 18.1 Å². The zero-order chi connectivity index (χ0) is 15.6. The Hall–Kier alpha value is -1.00. The number of carboxylic acids is 1. The number of thiophene rings is 1. The molecule has 1 N–H and O–H groups in total. The van der Waals surface area contributed by atoms with E-state index in [2.05, 4.69) is 9.97 Å². The van der Waals surface area contributed by atoms with Crippen molar-refractivity contribution in [3.8, 4) is 0 Å². The number of halogens is 3. The van der Waals surface area contributed by atoms with E-state index >= 15 is 0 Å². The van der Waals surface area contributed by atoms with Crippen LogP contribution in [0.4, 0.5) is 13.2 Å². The molecular weight excluding hydrogens is 345 g/mol. The van der Waals surface area contributed by atoms with E-state index in [4.69, 9.17) is 5.11 Å². The molecule has 21 heavy (non-hydrogen) atoms. The Bertz CT molecular complexity index is 673. The number of carbonyl (C=O) groups is 1. The smallest absolute Gasteiger partial charge is 0.441 e. The van der Waals surface area contributed by atoms with Gasteiger partial charge in [0.25, 0.3) is 0 Å². The summed E-state index contributed by atoms with van der Waals surface area (Å²) in [5, 5.41) is 10.2. The van der Waals surface area contributed by atoms with Gasteiger partial charge < -0.3 is 5.11 Å². The fourth-order valence-electron chi connectivity index (χ4n) is 1.65. The van der Waals surface area contributed by atoms with Crippen molar-refractivity contribution in [1.82, 2.24) is 9.97 Å². The normalized spacial score (nSPS) is 12.0. The molecule has 0 bridgehead atoms. The topological polar surface area (TPSA) is 63.1 Å². The number of aromatic nitrogens is 2. The Morgan fingerprint density at radius 3 is 2.71 bits per heavy atom. The summed E-state index contributed by atoms with van der Waals surface area (Å²) in [5.41, 5.74) is -3.69. The predicted molar refractivity (Wildman–Crippen MR) is 78.3 cm³/mol. The number of nitrogens with zero attached hydrogens (tertiary/aromatic N) is 2. The molecule has 0 saturated heterocycles. The first-order chi connectivity index (χ1) is 9.79. The van der Waals surface area contributed by atoms with Gasteiger partial charge in [0.15, 0.2) is 0 Å². The van der Waals surface area contributed by atoms with Crippen LogP contribution in [-0.2, 0) is 0 Å². The lowest BCUT2D eigenvalue weighted by Gasteiger charge is -2.05. The van der Waals surface area contributed by atoms with E-state index in [-0.39, 0.29) is 28.1 Å². The van der Waals surface area contributed by atoms with Crippen LogP contribution in [0.1, 0.15) is 15.2 Å². The van der Waals surface area contributed by atoms with Gasteiger partial charge in [-0.05, 0) is 12.5 Å². The van der Waals surface area contributed by atoms with Crippen LogP contribution in [0.15, 0.2) is 11.4 Å². The number of carboxylic acid groups (broad SMARTS) is 1. The van der Waals surface area contributed by atoms with Gasteiger partial charge in [-0.2, -0.15) is 13.2 Å². The van der Waals surface area contributed by atoms with Crippen LogP contribution >= 0.6 is 34.9 Å². The summed E-state index contributed by atoms with van der Waals surface area (Å²) in [6.07, 6.45) is 1.29. The quantitative estimate of drug-likeness (QED) is 0.497. The van der Waals surface area contributed by atoms with Gasteiger partial charge in [-0.25, -0.2) is 14.8 Å². The van der Waals surface area contributed by atoms with Gasteiger partial charge in [-0.1, -0.05) is 11.8 Å². The van der Waals surface area contributed by atoms with Crippen molar-refractivity contribution in [3.63, 3.8) is 0 Å². The molecule has 0 unspecified atom stereocenters. The highest BCUT2D eigenvalue weighted by Gasteiger charge is 2.27. The number of alkyl halides is 3. The average molecular weight is 354 g/mol. The third-order valence-corrected chi connectivity index (χ3v) is 5.65.